The Bertz CT molecular complexity index is 704. The Morgan fingerprint density at radius 2 is 2.00 bits per heavy atom. The Labute approximate surface area is 148 Å². The van der Waals surface area contributed by atoms with Crippen molar-refractivity contribution in [3.05, 3.63) is 35.2 Å². The van der Waals surface area contributed by atoms with Crippen LogP contribution in [0.1, 0.15) is 24.2 Å². The Kier molecular flexibility index (Phi) is 5.23. The highest BCUT2D eigenvalue weighted by Crippen LogP contribution is 2.27. The summed E-state index contributed by atoms with van der Waals surface area (Å²) in [5.41, 5.74) is 0.869. The van der Waals surface area contributed by atoms with E-state index in [-0.39, 0.29) is 11.3 Å². The van der Waals surface area contributed by atoms with Gasteiger partial charge in [-0.3, -0.25) is 9.69 Å². The lowest BCUT2D eigenvalue weighted by molar-refractivity contribution is 0.0163. The average molecular weight is 346 g/mol. The van der Waals surface area contributed by atoms with Gasteiger partial charge in [-0.15, -0.1) is 11.3 Å². The van der Waals surface area contributed by atoms with Crippen LogP contribution in [0, 0.1) is 5.41 Å². The molecule has 24 heavy (non-hydrogen) atoms. The standard InChI is InChI=1S/C19H26N2O2S/c1-19(2,14-21-8-10-23-11-9-21)13-20(3)18(22)16-12-24-17-7-5-4-6-15(16)17/h4-7,12H,8-11,13-14H2,1-3H3. The van der Waals surface area contributed by atoms with Gasteiger partial charge in [0, 0.05) is 48.7 Å². The summed E-state index contributed by atoms with van der Waals surface area (Å²) < 4.78 is 6.59. The Morgan fingerprint density at radius 1 is 1.29 bits per heavy atom. The first kappa shape index (κ1) is 17.4. The zero-order chi connectivity index (χ0) is 17.2. The van der Waals surface area contributed by atoms with E-state index < -0.39 is 0 Å². The summed E-state index contributed by atoms with van der Waals surface area (Å²) >= 11 is 1.64. The zero-order valence-electron chi connectivity index (χ0n) is 14.7. The Balaban J connectivity index is 1.66. The molecular formula is C19H26N2O2S. The molecule has 1 fully saturated rings. The molecule has 5 heteroatoms. The number of carbonyl (C=O) groups excluding carboxylic acids is 1. The van der Waals surface area contributed by atoms with Crippen LogP contribution in [0.15, 0.2) is 29.6 Å². The van der Waals surface area contributed by atoms with E-state index in [1.807, 2.05) is 35.5 Å². The third-order valence-corrected chi connectivity index (χ3v) is 5.44. The van der Waals surface area contributed by atoms with E-state index >= 15 is 0 Å². The van der Waals surface area contributed by atoms with Gasteiger partial charge in [-0.1, -0.05) is 32.0 Å². The largest absolute Gasteiger partial charge is 0.379 e. The molecule has 1 aromatic heterocycles. The molecule has 1 saturated heterocycles. The van der Waals surface area contributed by atoms with Crippen molar-refractivity contribution in [2.24, 2.45) is 5.41 Å². The molecule has 3 rings (SSSR count). The summed E-state index contributed by atoms with van der Waals surface area (Å²) in [5.74, 6) is 0.113. The van der Waals surface area contributed by atoms with E-state index in [2.05, 4.69) is 24.8 Å². The molecule has 1 aromatic carbocycles. The fourth-order valence-corrected chi connectivity index (χ4v) is 4.41. The van der Waals surface area contributed by atoms with Crippen molar-refractivity contribution in [3.8, 4) is 0 Å². The van der Waals surface area contributed by atoms with Crippen LogP contribution in [0.5, 0.6) is 0 Å². The smallest absolute Gasteiger partial charge is 0.255 e. The zero-order valence-corrected chi connectivity index (χ0v) is 15.6. The van der Waals surface area contributed by atoms with E-state index in [0.717, 1.165) is 50.3 Å². The molecule has 0 radical (unpaired) electrons. The summed E-state index contributed by atoms with van der Waals surface area (Å²) in [7, 11) is 1.91. The Morgan fingerprint density at radius 3 is 2.75 bits per heavy atom. The SMILES string of the molecule is CN(CC(C)(C)CN1CCOCC1)C(=O)c1csc2ccccc12. The molecule has 0 unspecified atom stereocenters. The van der Waals surface area contributed by atoms with Crippen LogP contribution in [-0.2, 0) is 4.74 Å². The number of carbonyl (C=O) groups is 1. The lowest BCUT2D eigenvalue weighted by atomic mass is 9.91. The van der Waals surface area contributed by atoms with Gasteiger partial charge in [0.1, 0.15) is 0 Å². The number of nitrogens with zero attached hydrogens (tertiary/aromatic N) is 2. The number of fused-ring (bicyclic) bond motifs is 1. The van der Waals surface area contributed by atoms with E-state index in [1.54, 1.807) is 11.3 Å². The molecule has 1 aliphatic rings. The van der Waals surface area contributed by atoms with Crippen molar-refractivity contribution in [3.63, 3.8) is 0 Å². The summed E-state index contributed by atoms with van der Waals surface area (Å²) in [6.45, 7) is 9.78. The summed E-state index contributed by atoms with van der Waals surface area (Å²) in [5, 5.41) is 3.05. The number of ether oxygens (including phenoxy) is 1. The van der Waals surface area contributed by atoms with E-state index in [0.29, 0.717) is 0 Å². The van der Waals surface area contributed by atoms with Gasteiger partial charge in [0.25, 0.3) is 5.91 Å². The van der Waals surface area contributed by atoms with E-state index in [9.17, 15) is 4.79 Å². The van der Waals surface area contributed by atoms with Gasteiger partial charge in [0.05, 0.1) is 18.8 Å². The quantitative estimate of drug-likeness (QED) is 0.832. The first-order chi connectivity index (χ1) is 11.5. The highest BCUT2D eigenvalue weighted by Gasteiger charge is 2.27. The number of amides is 1. The Hall–Kier alpha value is -1.43. The first-order valence-electron chi connectivity index (χ1n) is 8.48. The van der Waals surface area contributed by atoms with Gasteiger partial charge in [-0.2, -0.15) is 0 Å². The number of benzene rings is 1. The maximum atomic E-state index is 12.9. The number of thiophene rings is 1. The molecule has 2 aromatic rings. The topological polar surface area (TPSA) is 32.8 Å². The van der Waals surface area contributed by atoms with Crippen molar-refractivity contribution in [1.82, 2.24) is 9.80 Å². The molecule has 2 heterocycles. The first-order valence-corrected chi connectivity index (χ1v) is 9.36. The van der Waals surface area contributed by atoms with E-state index in [1.165, 1.54) is 4.70 Å². The molecule has 0 aliphatic carbocycles. The number of hydrogen-bond acceptors (Lipinski definition) is 4. The fraction of sp³-hybridized carbons (Fsp3) is 0.526. The summed E-state index contributed by atoms with van der Waals surface area (Å²) in [6.07, 6.45) is 0. The van der Waals surface area contributed by atoms with Crippen LogP contribution < -0.4 is 0 Å². The molecule has 0 bridgehead atoms. The van der Waals surface area contributed by atoms with Gasteiger partial charge in [0.15, 0.2) is 0 Å². The molecule has 0 atom stereocenters. The molecule has 0 spiro atoms. The van der Waals surface area contributed by atoms with Crippen LogP contribution in [0.2, 0.25) is 0 Å². The average Bonchev–Trinajstić information content (AvgIpc) is 2.98. The van der Waals surface area contributed by atoms with Crippen LogP contribution in [0.3, 0.4) is 0 Å². The van der Waals surface area contributed by atoms with Crippen molar-refractivity contribution in [2.45, 2.75) is 13.8 Å². The van der Waals surface area contributed by atoms with Crippen molar-refractivity contribution >= 4 is 27.3 Å². The van der Waals surface area contributed by atoms with Gasteiger partial charge >= 0.3 is 0 Å². The maximum Gasteiger partial charge on any atom is 0.255 e. The highest BCUT2D eigenvalue weighted by molar-refractivity contribution is 7.17. The van der Waals surface area contributed by atoms with Crippen molar-refractivity contribution in [2.75, 3.05) is 46.4 Å². The van der Waals surface area contributed by atoms with Gasteiger partial charge in [0.2, 0.25) is 0 Å². The van der Waals surface area contributed by atoms with Crippen LogP contribution >= 0.6 is 11.3 Å². The minimum Gasteiger partial charge on any atom is -0.379 e. The second-order valence-corrected chi connectivity index (χ2v) is 8.27. The molecule has 4 nitrogen and oxygen atoms in total. The number of hydrogen-bond donors (Lipinski definition) is 0. The molecule has 130 valence electrons. The number of morpholine rings is 1. The summed E-state index contributed by atoms with van der Waals surface area (Å²) in [4.78, 5) is 17.2. The lowest BCUT2D eigenvalue weighted by Crippen LogP contribution is -2.46. The monoisotopic (exact) mass is 346 g/mol. The fourth-order valence-electron chi connectivity index (χ4n) is 3.48. The highest BCUT2D eigenvalue weighted by atomic mass is 32.1. The molecule has 0 N–H and O–H groups in total. The van der Waals surface area contributed by atoms with Crippen molar-refractivity contribution < 1.29 is 9.53 Å². The van der Waals surface area contributed by atoms with Gasteiger partial charge < -0.3 is 9.64 Å². The lowest BCUT2D eigenvalue weighted by Gasteiger charge is -2.37. The van der Waals surface area contributed by atoms with Crippen LogP contribution in [0.4, 0.5) is 0 Å². The third-order valence-electron chi connectivity index (χ3n) is 4.48. The summed E-state index contributed by atoms with van der Waals surface area (Å²) in [6, 6.07) is 8.11. The second kappa shape index (κ2) is 7.21. The molecule has 0 saturated carbocycles. The predicted octanol–water partition coefficient (Wildman–Crippen LogP) is 3.33. The van der Waals surface area contributed by atoms with E-state index in [4.69, 9.17) is 4.74 Å². The molecular weight excluding hydrogens is 320 g/mol. The van der Waals surface area contributed by atoms with Crippen LogP contribution in [0.25, 0.3) is 10.1 Å². The van der Waals surface area contributed by atoms with Crippen LogP contribution in [-0.4, -0.2) is 62.1 Å². The normalized spacial score (nSPS) is 16.5. The second-order valence-electron chi connectivity index (χ2n) is 7.36. The third kappa shape index (κ3) is 3.97. The molecule has 1 amide bonds. The predicted molar refractivity (Wildman–Crippen MR) is 99.8 cm³/mol. The number of rotatable bonds is 5. The van der Waals surface area contributed by atoms with Gasteiger partial charge in [-0.05, 0) is 11.5 Å². The maximum absolute atomic E-state index is 12.9. The molecule has 1 aliphatic heterocycles. The minimum atomic E-state index is 0.0492. The minimum absolute atomic E-state index is 0.0492. The van der Waals surface area contributed by atoms with Crippen molar-refractivity contribution in [1.29, 1.82) is 0 Å². The van der Waals surface area contributed by atoms with Gasteiger partial charge in [-0.25, -0.2) is 0 Å².